The summed E-state index contributed by atoms with van der Waals surface area (Å²) in [7, 11) is 3.81. The number of rotatable bonds is 9. The normalized spacial score (nSPS) is 17.8. The van der Waals surface area contributed by atoms with Crippen LogP contribution in [-0.4, -0.2) is 66.5 Å². The summed E-state index contributed by atoms with van der Waals surface area (Å²) in [4.78, 5) is 29.6. The van der Waals surface area contributed by atoms with Crippen LogP contribution in [0.4, 0.5) is 0 Å². The molecule has 0 radical (unpaired) electrons. The third kappa shape index (κ3) is 5.54. The largest absolute Gasteiger partial charge is 0.507 e. The van der Waals surface area contributed by atoms with Gasteiger partial charge in [0.2, 0.25) is 0 Å². The molecule has 1 saturated heterocycles. The lowest BCUT2D eigenvalue weighted by molar-refractivity contribution is -0.140. The van der Waals surface area contributed by atoms with Crippen molar-refractivity contribution in [3.63, 3.8) is 0 Å². The molecule has 0 aromatic heterocycles. The Balaban J connectivity index is 2.08. The third-order valence-corrected chi connectivity index (χ3v) is 5.31. The van der Waals surface area contributed by atoms with Crippen molar-refractivity contribution in [3.8, 4) is 11.5 Å². The molecule has 1 aliphatic heterocycles. The molecular weight excluding hydrogens is 420 g/mol. The molecule has 0 spiro atoms. The fourth-order valence-corrected chi connectivity index (χ4v) is 3.83. The molecular formula is C26H32N2O5. The number of aliphatic hydroxyl groups is 1. The van der Waals surface area contributed by atoms with Crippen LogP contribution in [0.3, 0.4) is 0 Å². The van der Waals surface area contributed by atoms with Crippen LogP contribution >= 0.6 is 0 Å². The number of aliphatic hydroxyl groups excluding tert-OH is 1. The minimum atomic E-state index is -0.711. The van der Waals surface area contributed by atoms with Crippen LogP contribution in [-0.2, 0) is 9.59 Å². The first-order valence-electron chi connectivity index (χ1n) is 11.2. The van der Waals surface area contributed by atoms with Crippen LogP contribution in [0, 0.1) is 0 Å². The number of ether oxygens (including phenoxy) is 2. The van der Waals surface area contributed by atoms with Crippen molar-refractivity contribution in [1.29, 1.82) is 0 Å². The van der Waals surface area contributed by atoms with Crippen LogP contribution < -0.4 is 9.47 Å². The Morgan fingerprint density at radius 2 is 1.79 bits per heavy atom. The Morgan fingerprint density at radius 1 is 1.09 bits per heavy atom. The smallest absolute Gasteiger partial charge is 0.295 e. The number of amides is 1. The minimum absolute atomic E-state index is 0.0177. The van der Waals surface area contributed by atoms with E-state index in [0.29, 0.717) is 42.3 Å². The second-order valence-electron chi connectivity index (χ2n) is 8.49. The molecule has 0 saturated carbocycles. The SMILES string of the molecule is CCOc1cccc(C2/C(=C(/O)c3ccc(OC(C)C)cc3)C(=O)C(=O)N2CCN(C)C)c1. The van der Waals surface area contributed by atoms with Gasteiger partial charge in [0.25, 0.3) is 11.7 Å². The van der Waals surface area contributed by atoms with E-state index in [9.17, 15) is 14.7 Å². The molecule has 1 aliphatic rings. The van der Waals surface area contributed by atoms with E-state index >= 15 is 0 Å². The van der Waals surface area contributed by atoms with Gasteiger partial charge in [0.15, 0.2) is 0 Å². The summed E-state index contributed by atoms with van der Waals surface area (Å²) in [6.07, 6.45) is 0.0177. The molecule has 0 aliphatic carbocycles. The van der Waals surface area contributed by atoms with Crippen LogP contribution in [0.2, 0.25) is 0 Å². The highest BCUT2D eigenvalue weighted by molar-refractivity contribution is 6.46. The van der Waals surface area contributed by atoms with Gasteiger partial charge in [-0.3, -0.25) is 9.59 Å². The first-order valence-corrected chi connectivity index (χ1v) is 11.2. The predicted octanol–water partition coefficient (Wildman–Crippen LogP) is 3.86. The molecule has 33 heavy (non-hydrogen) atoms. The van der Waals surface area contributed by atoms with Crippen molar-refractivity contribution in [3.05, 3.63) is 65.2 Å². The zero-order valence-corrected chi connectivity index (χ0v) is 19.9. The number of benzene rings is 2. The number of ketones is 1. The van der Waals surface area contributed by atoms with Gasteiger partial charge < -0.3 is 24.4 Å². The Morgan fingerprint density at radius 3 is 2.39 bits per heavy atom. The lowest BCUT2D eigenvalue weighted by atomic mass is 9.95. The van der Waals surface area contributed by atoms with E-state index in [0.717, 1.165) is 0 Å². The average molecular weight is 453 g/mol. The number of carbonyl (C=O) groups is 2. The van der Waals surface area contributed by atoms with Gasteiger partial charge in [-0.1, -0.05) is 12.1 Å². The van der Waals surface area contributed by atoms with E-state index in [-0.39, 0.29) is 17.4 Å². The summed E-state index contributed by atoms with van der Waals surface area (Å²) >= 11 is 0. The van der Waals surface area contributed by atoms with Gasteiger partial charge in [0, 0.05) is 18.7 Å². The van der Waals surface area contributed by atoms with Crippen molar-refractivity contribution in [1.82, 2.24) is 9.80 Å². The van der Waals surface area contributed by atoms with Gasteiger partial charge in [0.1, 0.15) is 17.3 Å². The van der Waals surface area contributed by atoms with E-state index in [1.54, 1.807) is 24.3 Å². The van der Waals surface area contributed by atoms with Gasteiger partial charge in [0.05, 0.1) is 24.3 Å². The van der Waals surface area contributed by atoms with E-state index in [4.69, 9.17) is 9.47 Å². The maximum atomic E-state index is 13.1. The number of hydrogen-bond donors (Lipinski definition) is 1. The summed E-state index contributed by atoms with van der Waals surface area (Å²) in [6, 6.07) is 13.4. The molecule has 2 aromatic carbocycles. The van der Waals surface area contributed by atoms with Gasteiger partial charge in [-0.15, -0.1) is 0 Å². The predicted molar refractivity (Wildman–Crippen MR) is 127 cm³/mol. The second-order valence-corrected chi connectivity index (χ2v) is 8.49. The van der Waals surface area contributed by atoms with Crippen LogP contribution in [0.15, 0.2) is 54.1 Å². The lowest BCUT2D eigenvalue weighted by Crippen LogP contribution is -2.35. The van der Waals surface area contributed by atoms with Crippen LogP contribution in [0.25, 0.3) is 5.76 Å². The summed E-state index contributed by atoms with van der Waals surface area (Å²) in [6.45, 7) is 7.17. The average Bonchev–Trinajstić information content (AvgIpc) is 3.02. The second kappa shape index (κ2) is 10.5. The monoisotopic (exact) mass is 452 g/mol. The van der Waals surface area contributed by atoms with E-state index in [2.05, 4.69) is 0 Å². The van der Waals surface area contributed by atoms with Crippen molar-refractivity contribution in [2.75, 3.05) is 33.8 Å². The molecule has 1 atom stereocenters. The number of likely N-dealkylation sites (N-methyl/N-ethyl adjacent to an activating group) is 1. The van der Waals surface area contributed by atoms with E-state index in [1.165, 1.54) is 4.90 Å². The van der Waals surface area contributed by atoms with Gasteiger partial charge in [-0.25, -0.2) is 0 Å². The van der Waals surface area contributed by atoms with Gasteiger partial charge in [-0.05, 0) is 76.8 Å². The highest BCUT2D eigenvalue weighted by Crippen LogP contribution is 2.40. The first kappa shape index (κ1) is 24.3. The first-order chi connectivity index (χ1) is 15.7. The Bertz CT molecular complexity index is 1030. The molecule has 0 bridgehead atoms. The fraction of sp³-hybridized carbons (Fsp3) is 0.385. The maximum absolute atomic E-state index is 13.1. The molecule has 1 unspecified atom stereocenters. The molecule has 176 valence electrons. The molecule has 1 fully saturated rings. The fourth-order valence-electron chi connectivity index (χ4n) is 3.83. The number of hydrogen-bond acceptors (Lipinski definition) is 6. The van der Waals surface area contributed by atoms with Crippen LogP contribution in [0.5, 0.6) is 11.5 Å². The summed E-state index contributed by atoms with van der Waals surface area (Å²) in [5.74, 6) is -0.216. The molecule has 3 rings (SSSR count). The highest BCUT2D eigenvalue weighted by Gasteiger charge is 2.46. The Labute approximate surface area is 195 Å². The Kier molecular flexibility index (Phi) is 7.76. The lowest BCUT2D eigenvalue weighted by Gasteiger charge is -2.27. The van der Waals surface area contributed by atoms with Gasteiger partial charge >= 0.3 is 0 Å². The number of carbonyl (C=O) groups excluding carboxylic acids is 2. The summed E-state index contributed by atoms with van der Waals surface area (Å²) in [5, 5.41) is 11.2. The maximum Gasteiger partial charge on any atom is 0.295 e. The molecule has 2 aromatic rings. The third-order valence-electron chi connectivity index (χ3n) is 5.31. The van der Waals surface area contributed by atoms with E-state index < -0.39 is 17.7 Å². The number of nitrogens with zero attached hydrogens (tertiary/aromatic N) is 2. The van der Waals surface area contributed by atoms with E-state index in [1.807, 2.05) is 64.0 Å². The van der Waals surface area contributed by atoms with Crippen LogP contribution in [0.1, 0.15) is 37.9 Å². The summed E-state index contributed by atoms with van der Waals surface area (Å²) in [5.41, 5.74) is 1.23. The number of likely N-dealkylation sites (tertiary alicyclic amines) is 1. The molecule has 7 heteroatoms. The zero-order valence-electron chi connectivity index (χ0n) is 19.9. The summed E-state index contributed by atoms with van der Waals surface area (Å²) < 4.78 is 11.3. The topological polar surface area (TPSA) is 79.3 Å². The minimum Gasteiger partial charge on any atom is -0.507 e. The van der Waals surface area contributed by atoms with Crippen molar-refractivity contribution < 1.29 is 24.2 Å². The quantitative estimate of drug-likeness (QED) is 0.354. The standard InChI is InChI=1S/C26H32N2O5/c1-6-32-21-9-7-8-19(16-21)23-22(25(30)26(31)28(23)15-14-27(4)5)24(29)18-10-12-20(13-11-18)33-17(2)3/h7-13,16-17,23,29H,6,14-15H2,1-5H3/b24-22-. The molecule has 1 heterocycles. The molecule has 1 amide bonds. The van der Waals surface area contributed by atoms with Crippen molar-refractivity contribution >= 4 is 17.4 Å². The Hall–Kier alpha value is -3.32. The van der Waals surface area contributed by atoms with Crippen molar-refractivity contribution in [2.45, 2.75) is 32.9 Å². The highest BCUT2D eigenvalue weighted by atomic mass is 16.5. The molecule has 1 N–H and O–H groups in total. The zero-order chi connectivity index (χ0) is 24.1. The number of Topliss-reactive ketones (excluding diaryl/α,β-unsaturated/α-hetero) is 1. The van der Waals surface area contributed by atoms with Gasteiger partial charge in [-0.2, -0.15) is 0 Å². The molecule has 7 nitrogen and oxygen atoms in total. The van der Waals surface area contributed by atoms with Crippen molar-refractivity contribution in [2.24, 2.45) is 0 Å².